The van der Waals surface area contributed by atoms with Crippen molar-refractivity contribution < 1.29 is 14.3 Å². The van der Waals surface area contributed by atoms with Crippen molar-refractivity contribution >= 4 is 40.5 Å². The molecule has 1 atom stereocenters. The van der Waals surface area contributed by atoms with E-state index in [0.29, 0.717) is 28.0 Å². The molecule has 2 rings (SSSR count). The second kappa shape index (κ2) is 7.13. The number of nitrogen functional groups attached to an aromatic ring is 1. The van der Waals surface area contributed by atoms with Gasteiger partial charge in [-0.2, -0.15) is 0 Å². The predicted octanol–water partition coefficient (Wildman–Crippen LogP) is 2.71. The highest BCUT2D eigenvalue weighted by molar-refractivity contribution is 6.40. The number of amides is 1. The Labute approximate surface area is 127 Å². The highest BCUT2D eigenvalue weighted by Crippen LogP contribution is 2.32. The molecule has 110 valence electrons. The molecule has 5 nitrogen and oxygen atoms in total. The van der Waals surface area contributed by atoms with Crippen LogP contribution in [-0.2, 0) is 14.3 Å². The van der Waals surface area contributed by atoms with Gasteiger partial charge in [-0.05, 0) is 25.0 Å². The standard InChI is InChI=1S/C13H16Cl2N2O3/c14-10-4-8(16)5-11(15)13(10)17-12(18)7-19-6-9-2-1-3-20-9/h4-5,9H,1-3,6-7,16H2,(H,17,18). The fourth-order valence-corrected chi connectivity index (χ4v) is 2.54. The molecular formula is C13H16Cl2N2O3. The number of benzene rings is 1. The molecule has 0 bridgehead atoms. The molecule has 3 N–H and O–H groups in total. The molecule has 1 heterocycles. The number of ether oxygens (including phenoxy) is 2. The molecule has 1 aliphatic heterocycles. The van der Waals surface area contributed by atoms with Gasteiger partial charge in [-0.1, -0.05) is 23.2 Å². The summed E-state index contributed by atoms with van der Waals surface area (Å²) >= 11 is 12.0. The van der Waals surface area contributed by atoms with Crippen LogP contribution in [0.3, 0.4) is 0 Å². The maximum atomic E-state index is 11.8. The van der Waals surface area contributed by atoms with Crippen LogP contribution in [-0.4, -0.2) is 31.8 Å². The van der Waals surface area contributed by atoms with Crippen LogP contribution in [0.5, 0.6) is 0 Å². The SMILES string of the molecule is Nc1cc(Cl)c(NC(=O)COCC2CCCO2)c(Cl)c1. The second-order valence-electron chi connectivity index (χ2n) is 4.56. The van der Waals surface area contributed by atoms with Gasteiger partial charge in [-0.15, -0.1) is 0 Å². The van der Waals surface area contributed by atoms with Crippen LogP contribution in [0.4, 0.5) is 11.4 Å². The van der Waals surface area contributed by atoms with Crippen LogP contribution in [0.2, 0.25) is 10.0 Å². The lowest BCUT2D eigenvalue weighted by molar-refractivity contribution is -0.121. The van der Waals surface area contributed by atoms with E-state index in [-0.39, 0.29) is 18.6 Å². The quantitative estimate of drug-likeness (QED) is 0.819. The van der Waals surface area contributed by atoms with E-state index in [1.165, 1.54) is 12.1 Å². The first-order chi connectivity index (χ1) is 9.56. The molecule has 0 saturated carbocycles. The Bertz CT molecular complexity index is 467. The summed E-state index contributed by atoms with van der Waals surface area (Å²) in [6.45, 7) is 1.10. The van der Waals surface area contributed by atoms with Gasteiger partial charge in [-0.25, -0.2) is 0 Å². The fraction of sp³-hybridized carbons (Fsp3) is 0.462. The zero-order valence-electron chi connectivity index (χ0n) is 10.8. The molecule has 0 aliphatic carbocycles. The molecule has 7 heteroatoms. The normalized spacial score (nSPS) is 18.2. The van der Waals surface area contributed by atoms with Gasteiger partial charge < -0.3 is 20.5 Å². The van der Waals surface area contributed by atoms with Crippen molar-refractivity contribution in [2.75, 3.05) is 30.9 Å². The first-order valence-electron chi connectivity index (χ1n) is 6.30. The predicted molar refractivity (Wildman–Crippen MR) is 79.3 cm³/mol. The monoisotopic (exact) mass is 318 g/mol. The highest BCUT2D eigenvalue weighted by atomic mass is 35.5. The lowest BCUT2D eigenvalue weighted by Gasteiger charge is -2.12. The van der Waals surface area contributed by atoms with E-state index < -0.39 is 0 Å². The summed E-state index contributed by atoms with van der Waals surface area (Å²) < 4.78 is 10.7. The third-order valence-corrected chi connectivity index (χ3v) is 3.49. The van der Waals surface area contributed by atoms with Gasteiger partial charge in [0.1, 0.15) is 6.61 Å². The van der Waals surface area contributed by atoms with Crippen molar-refractivity contribution in [2.24, 2.45) is 0 Å². The Morgan fingerprint density at radius 1 is 1.45 bits per heavy atom. The molecule has 1 unspecified atom stereocenters. The minimum Gasteiger partial charge on any atom is -0.399 e. The van der Waals surface area contributed by atoms with Gasteiger partial charge in [0.25, 0.3) is 0 Å². The fourth-order valence-electron chi connectivity index (χ4n) is 1.95. The molecule has 1 aliphatic rings. The van der Waals surface area contributed by atoms with Crippen LogP contribution in [0.1, 0.15) is 12.8 Å². The molecule has 20 heavy (non-hydrogen) atoms. The summed E-state index contributed by atoms with van der Waals surface area (Å²) in [4.78, 5) is 11.8. The smallest absolute Gasteiger partial charge is 0.250 e. The summed E-state index contributed by atoms with van der Waals surface area (Å²) in [7, 11) is 0. The van der Waals surface area contributed by atoms with Gasteiger partial charge >= 0.3 is 0 Å². The first-order valence-corrected chi connectivity index (χ1v) is 7.05. The topological polar surface area (TPSA) is 73.6 Å². The summed E-state index contributed by atoms with van der Waals surface area (Å²) in [5.41, 5.74) is 6.37. The second-order valence-corrected chi connectivity index (χ2v) is 5.37. The van der Waals surface area contributed by atoms with Gasteiger partial charge in [0.05, 0.1) is 28.4 Å². The van der Waals surface area contributed by atoms with Crippen LogP contribution in [0.25, 0.3) is 0 Å². The van der Waals surface area contributed by atoms with E-state index in [1.54, 1.807) is 0 Å². The number of carbonyl (C=O) groups excluding carboxylic acids is 1. The maximum Gasteiger partial charge on any atom is 0.250 e. The van der Waals surface area contributed by atoms with Crippen LogP contribution < -0.4 is 11.1 Å². The van der Waals surface area contributed by atoms with Crippen molar-refractivity contribution in [1.29, 1.82) is 0 Å². The Balaban J connectivity index is 1.82. The van der Waals surface area contributed by atoms with E-state index in [1.807, 2.05) is 0 Å². The summed E-state index contributed by atoms with van der Waals surface area (Å²) in [6, 6.07) is 3.05. The minimum absolute atomic E-state index is 0.0725. The van der Waals surface area contributed by atoms with E-state index in [2.05, 4.69) is 5.32 Å². The summed E-state index contributed by atoms with van der Waals surface area (Å²) in [6.07, 6.45) is 2.10. The zero-order valence-corrected chi connectivity index (χ0v) is 12.3. The van der Waals surface area contributed by atoms with Crippen molar-refractivity contribution in [1.82, 2.24) is 0 Å². The molecule has 1 amide bonds. The third kappa shape index (κ3) is 4.24. The highest BCUT2D eigenvalue weighted by Gasteiger charge is 2.16. The largest absolute Gasteiger partial charge is 0.399 e. The minimum atomic E-state index is -0.323. The summed E-state index contributed by atoms with van der Waals surface area (Å²) in [5, 5.41) is 3.19. The molecule has 0 radical (unpaired) electrons. The van der Waals surface area contributed by atoms with Gasteiger partial charge in [0, 0.05) is 12.3 Å². The Morgan fingerprint density at radius 2 is 2.15 bits per heavy atom. The van der Waals surface area contributed by atoms with Crippen LogP contribution >= 0.6 is 23.2 Å². The third-order valence-electron chi connectivity index (χ3n) is 2.89. The molecule has 0 spiro atoms. The number of hydrogen-bond acceptors (Lipinski definition) is 4. The number of halogens is 2. The molecule has 1 fully saturated rings. The Kier molecular flexibility index (Phi) is 5.48. The van der Waals surface area contributed by atoms with Crippen molar-refractivity contribution in [2.45, 2.75) is 18.9 Å². The van der Waals surface area contributed by atoms with E-state index in [4.69, 9.17) is 38.4 Å². The molecule has 0 aromatic heterocycles. The van der Waals surface area contributed by atoms with Crippen LogP contribution in [0, 0.1) is 0 Å². The van der Waals surface area contributed by atoms with Crippen molar-refractivity contribution in [3.05, 3.63) is 22.2 Å². The van der Waals surface area contributed by atoms with Gasteiger partial charge in [0.15, 0.2) is 0 Å². The number of hydrogen-bond donors (Lipinski definition) is 2. The van der Waals surface area contributed by atoms with Gasteiger partial charge in [-0.3, -0.25) is 4.79 Å². The number of rotatable bonds is 5. The summed E-state index contributed by atoms with van der Waals surface area (Å²) in [5.74, 6) is -0.323. The Morgan fingerprint density at radius 3 is 2.75 bits per heavy atom. The Hall–Kier alpha value is -1.01. The first kappa shape index (κ1) is 15.4. The molecular weight excluding hydrogens is 303 g/mol. The number of nitrogens with two attached hydrogens (primary N) is 1. The zero-order chi connectivity index (χ0) is 14.5. The average molecular weight is 319 g/mol. The molecule has 1 aromatic carbocycles. The van der Waals surface area contributed by atoms with Crippen molar-refractivity contribution in [3.63, 3.8) is 0 Å². The lowest BCUT2D eigenvalue weighted by Crippen LogP contribution is -2.22. The number of nitrogens with one attached hydrogen (secondary N) is 1. The molecule has 1 aromatic rings. The van der Waals surface area contributed by atoms with Crippen molar-refractivity contribution in [3.8, 4) is 0 Å². The number of carbonyl (C=O) groups is 1. The maximum absolute atomic E-state index is 11.8. The average Bonchev–Trinajstić information content (AvgIpc) is 2.87. The lowest BCUT2D eigenvalue weighted by atomic mass is 10.2. The number of anilines is 2. The van der Waals surface area contributed by atoms with Gasteiger partial charge in [0.2, 0.25) is 5.91 Å². The molecule has 1 saturated heterocycles. The van der Waals surface area contributed by atoms with E-state index in [0.717, 1.165) is 19.4 Å². The van der Waals surface area contributed by atoms with Crippen LogP contribution in [0.15, 0.2) is 12.1 Å². The van der Waals surface area contributed by atoms with E-state index in [9.17, 15) is 4.79 Å². The van der Waals surface area contributed by atoms with E-state index >= 15 is 0 Å².